The van der Waals surface area contributed by atoms with E-state index in [0.717, 1.165) is 0 Å². The molecule has 0 bridgehead atoms. The first-order chi connectivity index (χ1) is 6.24. The first-order valence-corrected chi connectivity index (χ1v) is 4.84. The molecule has 86 valence electrons. The molecule has 0 aromatic heterocycles. The smallest absolute Gasteiger partial charge is 0.355 e. The van der Waals surface area contributed by atoms with Crippen LogP contribution in [0.3, 0.4) is 0 Å². The lowest BCUT2D eigenvalue weighted by Crippen LogP contribution is -2.41. The Kier molecular flexibility index (Phi) is 4.78. The summed E-state index contributed by atoms with van der Waals surface area (Å²) in [7, 11) is -2.97. The van der Waals surface area contributed by atoms with Crippen molar-refractivity contribution >= 4 is 10.0 Å². The van der Waals surface area contributed by atoms with E-state index in [2.05, 4.69) is 9.47 Å². The van der Waals surface area contributed by atoms with Gasteiger partial charge in [-0.25, -0.2) is 13.1 Å². The Bertz CT molecular complexity index is 259. The summed E-state index contributed by atoms with van der Waals surface area (Å²) in [5, 5.41) is 0. The van der Waals surface area contributed by atoms with E-state index in [1.165, 1.54) is 18.9 Å². The predicted molar refractivity (Wildman–Crippen MR) is 40.8 cm³/mol. The van der Waals surface area contributed by atoms with Crippen molar-refractivity contribution < 1.29 is 31.1 Å². The third-order valence-electron chi connectivity index (χ3n) is 1.27. The highest BCUT2D eigenvalue weighted by Crippen LogP contribution is 2.21. The molecule has 0 saturated carbocycles. The molecule has 5 nitrogen and oxygen atoms in total. The van der Waals surface area contributed by atoms with Crippen molar-refractivity contribution in [2.24, 2.45) is 0 Å². The highest BCUT2D eigenvalue weighted by molar-refractivity contribution is 7.90. The van der Waals surface area contributed by atoms with Crippen LogP contribution in [-0.4, -0.2) is 41.0 Å². The molecule has 0 aliphatic rings. The monoisotopic (exact) mass is 237 g/mol. The maximum absolute atomic E-state index is 11.8. The van der Waals surface area contributed by atoms with Crippen LogP contribution in [0.5, 0.6) is 0 Å². The van der Waals surface area contributed by atoms with Crippen LogP contribution in [0.4, 0.5) is 13.2 Å². The van der Waals surface area contributed by atoms with Gasteiger partial charge in [-0.15, -0.1) is 0 Å². The van der Waals surface area contributed by atoms with Gasteiger partial charge in [-0.3, -0.25) is 0 Å². The number of hydrogen-bond donors (Lipinski definition) is 1. The van der Waals surface area contributed by atoms with Crippen molar-refractivity contribution in [2.45, 2.75) is 11.8 Å². The van der Waals surface area contributed by atoms with E-state index in [0.29, 0.717) is 0 Å². The van der Waals surface area contributed by atoms with Crippen molar-refractivity contribution in [3.8, 4) is 0 Å². The van der Waals surface area contributed by atoms with Crippen LogP contribution in [0.15, 0.2) is 0 Å². The lowest BCUT2D eigenvalue weighted by atomic mass is 10.6. The lowest BCUT2D eigenvalue weighted by molar-refractivity contribution is -0.0971. The Balaban J connectivity index is 4.27. The second-order valence-electron chi connectivity index (χ2n) is 2.20. The number of hydrogen-bond acceptors (Lipinski definition) is 4. The Morgan fingerprint density at radius 1 is 1.29 bits per heavy atom. The molecule has 14 heavy (non-hydrogen) atoms. The standard InChI is InChI=1S/C5H10F3NO4S/c1-12-4(13-2)3-9-14(10,11)5(6,7)8/h4,9H,3H2,1-2H3. The van der Waals surface area contributed by atoms with Gasteiger partial charge in [0.15, 0.2) is 6.29 Å². The second kappa shape index (κ2) is 4.91. The Morgan fingerprint density at radius 2 is 1.71 bits per heavy atom. The molecule has 1 N–H and O–H groups in total. The van der Waals surface area contributed by atoms with Gasteiger partial charge in [0, 0.05) is 14.2 Å². The second-order valence-corrected chi connectivity index (χ2v) is 3.96. The molecule has 0 spiro atoms. The molecule has 0 saturated heterocycles. The highest BCUT2D eigenvalue weighted by Gasteiger charge is 2.45. The van der Waals surface area contributed by atoms with E-state index >= 15 is 0 Å². The van der Waals surface area contributed by atoms with E-state index in [-0.39, 0.29) is 0 Å². The zero-order valence-corrected chi connectivity index (χ0v) is 8.28. The zero-order valence-electron chi connectivity index (χ0n) is 7.46. The molecule has 0 atom stereocenters. The summed E-state index contributed by atoms with van der Waals surface area (Å²) in [4.78, 5) is 0. The molecule has 9 heteroatoms. The van der Waals surface area contributed by atoms with Crippen molar-refractivity contribution in [2.75, 3.05) is 20.8 Å². The van der Waals surface area contributed by atoms with Gasteiger partial charge in [0.1, 0.15) is 0 Å². The molecule has 0 rings (SSSR count). The SMILES string of the molecule is COC(CNS(=O)(=O)C(F)(F)F)OC. The average Bonchev–Trinajstić information content (AvgIpc) is 2.04. The van der Waals surface area contributed by atoms with Gasteiger partial charge >= 0.3 is 15.5 Å². The fourth-order valence-corrected chi connectivity index (χ4v) is 1.04. The van der Waals surface area contributed by atoms with Crippen molar-refractivity contribution in [3.05, 3.63) is 0 Å². The van der Waals surface area contributed by atoms with Crippen molar-refractivity contribution in [1.82, 2.24) is 4.72 Å². The van der Waals surface area contributed by atoms with E-state index in [1.54, 1.807) is 0 Å². The molecule has 0 aliphatic carbocycles. The maximum atomic E-state index is 11.8. The highest BCUT2D eigenvalue weighted by atomic mass is 32.2. The maximum Gasteiger partial charge on any atom is 0.511 e. The summed E-state index contributed by atoms with van der Waals surface area (Å²) in [5.41, 5.74) is -5.32. The first kappa shape index (κ1) is 13.6. The van der Waals surface area contributed by atoms with Crippen molar-refractivity contribution in [3.63, 3.8) is 0 Å². The Morgan fingerprint density at radius 3 is 2.00 bits per heavy atom. The minimum atomic E-state index is -5.32. The normalized spacial score (nSPS) is 13.6. The molecule has 0 radical (unpaired) electrons. The van der Waals surface area contributed by atoms with Gasteiger partial charge < -0.3 is 9.47 Å². The van der Waals surface area contributed by atoms with Crippen LogP contribution in [0.1, 0.15) is 0 Å². The molecule has 0 amide bonds. The molecular weight excluding hydrogens is 227 g/mol. The quantitative estimate of drug-likeness (QED) is 0.686. The predicted octanol–water partition coefficient (Wildman–Crippen LogP) is 0.0445. The Labute approximate surface area is 79.2 Å². The van der Waals surface area contributed by atoms with Gasteiger partial charge in [-0.2, -0.15) is 13.2 Å². The molecule has 0 heterocycles. The Hall–Kier alpha value is -0.380. The van der Waals surface area contributed by atoms with Crippen LogP contribution in [-0.2, 0) is 19.5 Å². The summed E-state index contributed by atoms with van der Waals surface area (Å²) in [5.74, 6) is 0. The molecule has 0 aliphatic heterocycles. The minimum absolute atomic E-state index is 0.602. The number of sulfonamides is 1. The molecule has 0 unspecified atom stereocenters. The fraction of sp³-hybridized carbons (Fsp3) is 1.00. The summed E-state index contributed by atoms with van der Waals surface area (Å²) in [6, 6.07) is 0. The van der Waals surface area contributed by atoms with Crippen LogP contribution in [0.25, 0.3) is 0 Å². The number of rotatable bonds is 5. The lowest BCUT2D eigenvalue weighted by Gasteiger charge is -2.15. The van der Waals surface area contributed by atoms with Crippen LogP contribution < -0.4 is 4.72 Å². The van der Waals surface area contributed by atoms with Crippen LogP contribution in [0.2, 0.25) is 0 Å². The summed E-state index contributed by atoms with van der Waals surface area (Å²) >= 11 is 0. The van der Waals surface area contributed by atoms with Gasteiger partial charge in [-0.1, -0.05) is 0 Å². The molecule has 0 fully saturated rings. The summed E-state index contributed by atoms with van der Waals surface area (Å²) in [6.45, 7) is -0.602. The molecule has 0 aromatic carbocycles. The number of methoxy groups -OCH3 is 2. The van der Waals surface area contributed by atoms with Crippen LogP contribution in [0, 0.1) is 0 Å². The number of halogens is 3. The average molecular weight is 237 g/mol. The topological polar surface area (TPSA) is 64.6 Å². The zero-order chi connectivity index (χ0) is 11.4. The summed E-state index contributed by atoms with van der Waals surface area (Å²) < 4.78 is 66.4. The van der Waals surface area contributed by atoms with E-state index in [9.17, 15) is 21.6 Å². The largest absolute Gasteiger partial charge is 0.511 e. The van der Waals surface area contributed by atoms with E-state index < -0.39 is 28.4 Å². The van der Waals surface area contributed by atoms with Gasteiger partial charge in [0.2, 0.25) is 0 Å². The molecule has 0 aromatic rings. The number of alkyl halides is 3. The molecular formula is C5H10F3NO4S. The van der Waals surface area contributed by atoms with Gasteiger partial charge in [-0.05, 0) is 0 Å². The van der Waals surface area contributed by atoms with Crippen LogP contribution >= 0.6 is 0 Å². The fourth-order valence-electron chi connectivity index (χ4n) is 0.522. The van der Waals surface area contributed by atoms with E-state index in [1.807, 2.05) is 0 Å². The third-order valence-corrected chi connectivity index (χ3v) is 2.43. The number of ether oxygens (including phenoxy) is 2. The summed E-state index contributed by atoms with van der Waals surface area (Å²) in [6.07, 6.45) is -1.05. The van der Waals surface area contributed by atoms with Gasteiger partial charge in [0.05, 0.1) is 6.54 Å². The van der Waals surface area contributed by atoms with E-state index in [4.69, 9.17) is 0 Å². The minimum Gasteiger partial charge on any atom is -0.355 e. The van der Waals surface area contributed by atoms with Crippen molar-refractivity contribution in [1.29, 1.82) is 0 Å². The van der Waals surface area contributed by atoms with Gasteiger partial charge in [0.25, 0.3) is 0 Å². The number of nitrogens with one attached hydrogen (secondary N) is 1. The third kappa shape index (κ3) is 3.78. The first-order valence-electron chi connectivity index (χ1n) is 3.36.